The molecule has 118 valence electrons. The van der Waals surface area contributed by atoms with Gasteiger partial charge in [0.05, 0.1) is 6.54 Å². The number of hydrogen-bond donors (Lipinski definition) is 2. The minimum atomic E-state index is 0.182. The summed E-state index contributed by atoms with van der Waals surface area (Å²) in [6, 6.07) is 4.10. The van der Waals surface area contributed by atoms with Gasteiger partial charge < -0.3 is 15.5 Å². The van der Waals surface area contributed by atoms with Crippen molar-refractivity contribution in [1.29, 1.82) is 0 Å². The first-order valence-electron chi connectivity index (χ1n) is 7.53. The van der Waals surface area contributed by atoms with Gasteiger partial charge in [-0.25, -0.2) is 4.99 Å². The van der Waals surface area contributed by atoms with Crippen LogP contribution < -0.4 is 10.6 Å². The number of guanidine groups is 1. The van der Waals surface area contributed by atoms with Crippen molar-refractivity contribution in [2.45, 2.75) is 33.7 Å². The molecule has 1 aromatic rings. The van der Waals surface area contributed by atoms with Crippen LogP contribution in [0, 0.1) is 0 Å². The molecule has 1 aromatic heterocycles. The minimum Gasteiger partial charge on any atom is -0.357 e. The van der Waals surface area contributed by atoms with Gasteiger partial charge in [-0.1, -0.05) is 6.07 Å². The van der Waals surface area contributed by atoms with E-state index >= 15 is 0 Å². The molecule has 0 spiro atoms. The molecule has 21 heavy (non-hydrogen) atoms. The first kappa shape index (κ1) is 17.5. The Morgan fingerprint density at radius 1 is 1.29 bits per heavy atom. The Morgan fingerprint density at radius 3 is 2.62 bits per heavy atom. The molecule has 0 aliphatic rings. The van der Waals surface area contributed by atoms with Crippen molar-refractivity contribution in [1.82, 2.24) is 15.5 Å². The van der Waals surface area contributed by atoms with Crippen LogP contribution in [0.4, 0.5) is 0 Å². The van der Waals surface area contributed by atoms with Gasteiger partial charge in [0.25, 0.3) is 0 Å². The van der Waals surface area contributed by atoms with Crippen LogP contribution in [0.1, 0.15) is 32.1 Å². The molecule has 0 aromatic carbocycles. The Hall–Kier alpha value is -1.56. The number of nitrogens with one attached hydrogen (secondary N) is 2. The van der Waals surface area contributed by atoms with E-state index in [0.29, 0.717) is 19.5 Å². The Labute approximate surface area is 131 Å². The normalized spacial score (nSPS) is 11.3. The lowest BCUT2D eigenvalue weighted by molar-refractivity contribution is -0.130. The fourth-order valence-corrected chi connectivity index (χ4v) is 2.55. The van der Waals surface area contributed by atoms with Crippen molar-refractivity contribution in [3.8, 4) is 0 Å². The van der Waals surface area contributed by atoms with Crippen LogP contribution in [0.5, 0.6) is 0 Å². The molecular weight excluding hydrogens is 284 g/mol. The van der Waals surface area contributed by atoms with Crippen LogP contribution in [-0.2, 0) is 11.3 Å². The summed E-state index contributed by atoms with van der Waals surface area (Å²) in [4.78, 5) is 19.5. The van der Waals surface area contributed by atoms with Crippen molar-refractivity contribution < 1.29 is 4.79 Å². The number of rotatable bonds is 8. The predicted molar refractivity (Wildman–Crippen MR) is 89.7 cm³/mol. The van der Waals surface area contributed by atoms with Gasteiger partial charge in [-0.05, 0) is 32.2 Å². The quantitative estimate of drug-likeness (QED) is 0.571. The Kier molecular flexibility index (Phi) is 8.50. The zero-order valence-electron chi connectivity index (χ0n) is 13.2. The third kappa shape index (κ3) is 6.62. The van der Waals surface area contributed by atoms with E-state index in [1.165, 1.54) is 4.88 Å². The van der Waals surface area contributed by atoms with Crippen molar-refractivity contribution >= 4 is 23.2 Å². The highest BCUT2D eigenvalue weighted by Gasteiger charge is 2.09. The lowest BCUT2D eigenvalue weighted by Crippen LogP contribution is -2.40. The number of nitrogens with zero attached hydrogens (tertiary/aromatic N) is 2. The molecule has 1 heterocycles. The minimum absolute atomic E-state index is 0.182. The van der Waals surface area contributed by atoms with Gasteiger partial charge in [-0.15, -0.1) is 11.3 Å². The van der Waals surface area contributed by atoms with Crippen LogP contribution in [0.25, 0.3) is 0 Å². The van der Waals surface area contributed by atoms with Gasteiger partial charge in [0.1, 0.15) is 0 Å². The zero-order valence-corrected chi connectivity index (χ0v) is 14.0. The second-order valence-corrected chi connectivity index (χ2v) is 5.55. The third-order valence-corrected chi connectivity index (χ3v) is 3.93. The van der Waals surface area contributed by atoms with E-state index in [1.54, 1.807) is 11.3 Å². The molecule has 6 heteroatoms. The van der Waals surface area contributed by atoms with Crippen LogP contribution in [-0.4, -0.2) is 42.9 Å². The lowest BCUT2D eigenvalue weighted by atomic mass is 10.3. The summed E-state index contributed by atoms with van der Waals surface area (Å²) in [5.74, 6) is 0.944. The maximum Gasteiger partial charge on any atom is 0.224 e. The molecule has 5 nitrogen and oxygen atoms in total. The molecule has 1 amide bonds. The molecule has 0 aliphatic heterocycles. The van der Waals surface area contributed by atoms with Gasteiger partial charge >= 0.3 is 0 Å². The number of amides is 1. The van der Waals surface area contributed by atoms with Crippen LogP contribution >= 0.6 is 11.3 Å². The molecule has 0 aliphatic carbocycles. The van der Waals surface area contributed by atoms with Gasteiger partial charge in [0, 0.05) is 37.5 Å². The molecule has 0 radical (unpaired) electrons. The zero-order chi connectivity index (χ0) is 15.5. The van der Waals surface area contributed by atoms with Crippen LogP contribution in [0.2, 0.25) is 0 Å². The molecule has 0 saturated heterocycles. The summed E-state index contributed by atoms with van der Waals surface area (Å²) in [5, 5.41) is 8.46. The number of carbonyl (C=O) groups is 1. The SMILES string of the molecule is CCNC(=NCc1cccs1)NCCC(=O)N(CC)CC. The molecule has 1 rings (SSSR count). The maximum atomic E-state index is 11.9. The monoisotopic (exact) mass is 310 g/mol. The van der Waals surface area contributed by atoms with E-state index in [-0.39, 0.29) is 5.91 Å². The topological polar surface area (TPSA) is 56.7 Å². The number of carbonyl (C=O) groups excluding carboxylic acids is 1. The van der Waals surface area contributed by atoms with E-state index in [9.17, 15) is 4.79 Å². The molecule has 0 saturated carbocycles. The van der Waals surface area contributed by atoms with Crippen LogP contribution in [0.15, 0.2) is 22.5 Å². The average Bonchev–Trinajstić information content (AvgIpc) is 2.99. The lowest BCUT2D eigenvalue weighted by Gasteiger charge is -2.19. The van der Waals surface area contributed by atoms with E-state index in [0.717, 1.165) is 25.6 Å². The van der Waals surface area contributed by atoms with Crippen molar-refractivity contribution in [2.24, 2.45) is 4.99 Å². The number of thiophene rings is 1. The number of hydrogen-bond acceptors (Lipinski definition) is 3. The highest BCUT2D eigenvalue weighted by atomic mass is 32.1. The van der Waals surface area contributed by atoms with E-state index in [1.807, 2.05) is 37.1 Å². The Balaban J connectivity index is 2.40. The number of aliphatic imine (C=N–C) groups is 1. The Morgan fingerprint density at radius 2 is 2.05 bits per heavy atom. The first-order valence-corrected chi connectivity index (χ1v) is 8.41. The molecule has 0 fully saturated rings. The molecule has 0 atom stereocenters. The van der Waals surface area contributed by atoms with Gasteiger partial charge in [0.2, 0.25) is 5.91 Å². The summed E-state index contributed by atoms with van der Waals surface area (Å²) in [7, 11) is 0. The van der Waals surface area contributed by atoms with Crippen molar-refractivity contribution in [2.75, 3.05) is 26.2 Å². The van der Waals surface area contributed by atoms with Crippen molar-refractivity contribution in [3.05, 3.63) is 22.4 Å². The summed E-state index contributed by atoms with van der Waals surface area (Å²) < 4.78 is 0. The molecule has 2 N–H and O–H groups in total. The van der Waals surface area contributed by atoms with E-state index < -0.39 is 0 Å². The smallest absolute Gasteiger partial charge is 0.224 e. The van der Waals surface area contributed by atoms with Crippen LogP contribution in [0.3, 0.4) is 0 Å². The molecule has 0 unspecified atom stereocenters. The second kappa shape index (κ2) is 10.2. The fourth-order valence-electron chi connectivity index (χ4n) is 1.92. The highest BCUT2D eigenvalue weighted by Crippen LogP contribution is 2.09. The second-order valence-electron chi connectivity index (χ2n) is 4.52. The largest absolute Gasteiger partial charge is 0.357 e. The standard InChI is InChI=1S/C15H26N4OS/c1-4-16-15(18-12-13-8-7-11-21-13)17-10-9-14(20)19(5-2)6-3/h7-8,11H,4-6,9-10,12H2,1-3H3,(H2,16,17,18). The fraction of sp³-hybridized carbons (Fsp3) is 0.600. The highest BCUT2D eigenvalue weighted by molar-refractivity contribution is 7.09. The summed E-state index contributed by atoms with van der Waals surface area (Å²) in [5.41, 5.74) is 0. The predicted octanol–water partition coefficient (Wildman–Crippen LogP) is 2.06. The Bertz CT molecular complexity index is 427. The summed E-state index contributed by atoms with van der Waals surface area (Å²) in [6.45, 7) is 9.64. The van der Waals surface area contributed by atoms with Gasteiger partial charge in [-0.3, -0.25) is 4.79 Å². The van der Waals surface area contributed by atoms with E-state index in [4.69, 9.17) is 0 Å². The van der Waals surface area contributed by atoms with Crippen molar-refractivity contribution in [3.63, 3.8) is 0 Å². The third-order valence-electron chi connectivity index (χ3n) is 3.06. The average molecular weight is 310 g/mol. The molecular formula is C15H26N4OS. The van der Waals surface area contributed by atoms with Gasteiger partial charge in [-0.2, -0.15) is 0 Å². The summed E-state index contributed by atoms with van der Waals surface area (Å²) >= 11 is 1.70. The van der Waals surface area contributed by atoms with E-state index in [2.05, 4.69) is 21.7 Å². The molecule has 0 bridgehead atoms. The maximum absolute atomic E-state index is 11.9. The first-order chi connectivity index (χ1) is 10.2. The van der Waals surface area contributed by atoms with Gasteiger partial charge in [0.15, 0.2) is 5.96 Å². The summed E-state index contributed by atoms with van der Waals surface area (Å²) in [6.07, 6.45) is 0.491.